The Morgan fingerprint density at radius 1 is 0.882 bits per heavy atom. The van der Waals surface area contributed by atoms with Crippen molar-refractivity contribution >= 4 is 29.5 Å². The topological polar surface area (TPSA) is 93.7 Å². The first-order valence-corrected chi connectivity index (χ1v) is 12.7. The average molecular weight is 485 g/mol. The molecule has 1 saturated carbocycles. The lowest BCUT2D eigenvalue weighted by Gasteiger charge is -2.21. The molecular weight excluding hydrogens is 452 g/mol. The number of thioether (sulfide) groups is 1. The van der Waals surface area contributed by atoms with Crippen LogP contribution in [0.2, 0.25) is 0 Å². The summed E-state index contributed by atoms with van der Waals surface area (Å²) in [6.45, 7) is 0.944. The van der Waals surface area contributed by atoms with Gasteiger partial charge in [0, 0.05) is 11.4 Å². The Kier molecular flexibility index (Phi) is 10.8. The normalized spacial score (nSPS) is 13.6. The van der Waals surface area contributed by atoms with E-state index in [1.807, 2.05) is 30.3 Å². The Bertz CT molecular complexity index is 932. The first kappa shape index (κ1) is 25.6. The highest BCUT2D eigenvalue weighted by Crippen LogP contribution is 2.24. The van der Waals surface area contributed by atoms with Gasteiger partial charge in [-0.05, 0) is 43.0 Å². The molecule has 0 heterocycles. The summed E-state index contributed by atoms with van der Waals surface area (Å²) in [4.78, 5) is 37.4. The van der Waals surface area contributed by atoms with E-state index >= 15 is 0 Å². The van der Waals surface area contributed by atoms with E-state index < -0.39 is 11.9 Å². The monoisotopic (exact) mass is 484 g/mol. The molecule has 8 heteroatoms. The van der Waals surface area contributed by atoms with Crippen LogP contribution < -0.4 is 15.4 Å². The summed E-state index contributed by atoms with van der Waals surface area (Å²) in [6, 6.07) is 16.2. The van der Waals surface area contributed by atoms with Crippen molar-refractivity contribution in [1.82, 2.24) is 10.6 Å². The summed E-state index contributed by atoms with van der Waals surface area (Å²) in [7, 11) is 0. The van der Waals surface area contributed by atoms with Crippen molar-refractivity contribution in [3.8, 4) is 5.75 Å². The quantitative estimate of drug-likeness (QED) is 0.270. The van der Waals surface area contributed by atoms with Crippen LogP contribution in [0.4, 0.5) is 0 Å². The van der Waals surface area contributed by atoms with E-state index in [2.05, 4.69) is 10.6 Å². The van der Waals surface area contributed by atoms with Crippen LogP contribution in [-0.4, -0.2) is 49.8 Å². The van der Waals surface area contributed by atoms with Gasteiger partial charge in [-0.1, -0.05) is 49.6 Å². The molecule has 0 saturated heterocycles. The zero-order valence-electron chi connectivity index (χ0n) is 19.3. The number of benzene rings is 2. The highest BCUT2D eigenvalue weighted by Gasteiger charge is 2.17. The second-order valence-corrected chi connectivity index (χ2v) is 9.20. The highest BCUT2D eigenvalue weighted by molar-refractivity contribution is 8.00. The van der Waals surface area contributed by atoms with Crippen molar-refractivity contribution in [2.75, 3.05) is 32.1 Å². The number of rotatable bonds is 12. The fraction of sp³-hybridized carbons (Fsp3) is 0.423. The summed E-state index contributed by atoms with van der Waals surface area (Å²) in [5, 5.41) is 5.66. The molecule has 0 spiro atoms. The number of esters is 1. The Labute approximate surface area is 205 Å². The molecule has 0 radical (unpaired) electrons. The molecule has 2 aromatic rings. The van der Waals surface area contributed by atoms with Crippen molar-refractivity contribution in [3.63, 3.8) is 0 Å². The summed E-state index contributed by atoms with van der Waals surface area (Å²) in [6.07, 6.45) is 6.12. The van der Waals surface area contributed by atoms with E-state index in [1.165, 1.54) is 43.9 Å². The molecule has 0 unspecified atom stereocenters. The molecule has 2 aromatic carbocycles. The van der Waals surface area contributed by atoms with Gasteiger partial charge in [-0.25, -0.2) is 4.79 Å². The molecule has 1 aliphatic rings. The van der Waals surface area contributed by atoms with Gasteiger partial charge in [-0.2, -0.15) is 0 Å². The lowest BCUT2D eigenvalue weighted by molar-refractivity contribution is -0.124. The minimum atomic E-state index is -0.596. The summed E-state index contributed by atoms with van der Waals surface area (Å²) in [5.41, 5.74) is 0.341. The molecule has 34 heavy (non-hydrogen) atoms. The van der Waals surface area contributed by atoms with Crippen LogP contribution in [0.15, 0.2) is 59.5 Å². The van der Waals surface area contributed by atoms with E-state index in [1.54, 1.807) is 24.3 Å². The Morgan fingerprint density at radius 2 is 1.62 bits per heavy atom. The van der Waals surface area contributed by atoms with Gasteiger partial charge in [-0.15, -0.1) is 11.8 Å². The molecule has 0 aromatic heterocycles. The molecule has 1 aliphatic carbocycles. The number of ether oxygens (including phenoxy) is 2. The number of para-hydroxylation sites is 1. The first-order chi connectivity index (χ1) is 16.6. The van der Waals surface area contributed by atoms with Crippen molar-refractivity contribution < 1.29 is 23.9 Å². The standard InChI is InChI=1S/C26H32N2O5S/c29-24(27-15-16-32-21-11-5-2-6-12-21)18-33-26(31)22-13-7-8-14-23(22)34-19-25(30)28-17-20-9-3-1-4-10-20/h2,5-8,11-14,20H,1,3-4,9-10,15-19H2,(H,27,29)(H,28,30). The maximum atomic E-state index is 12.5. The van der Waals surface area contributed by atoms with Crippen LogP contribution in [-0.2, 0) is 14.3 Å². The summed E-state index contributed by atoms with van der Waals surface area (Å²) < 4.78 is 10.7. The van der Waals surface area contributed by atoms with Crippen LogP contribution in [0.1, 0.15) is 42.5 Å². The van der Waals surface area contributed by atoms with E-state index in [4.69, 9.17) is 9.47 Å². The minimum absolute atomic E-state index is 0.0455. The van der Waals surface area contributed by atoms with Crippen molar-refractivity contribution in [3.05, 3.63) is 60.2 Å². The smallest absolute Gasteiger partial charge is 0.339 e. The van der Waals surface area contributed by atoms with Crippen LogP contribution in [0, 0.1) is 5.92 Å². The molecule has 0 aliphatic heterocycles. The minimum Gasteiger partial charge on any atom is -0.492 e. The van der Waals surface area contributed by atoms with Crippen molar-refractivity contribution in [2.24, 2.45) is 5.92 Å². The average Bonchev–Trinajstić information content (AvgIpc) is 2.88. The first-order valence-electron chi connectivity index (χ1n) is 11.7. The van der Waals surface area contributed by atoms with Crippen LogP contribution in [0.25, 0.3) is 0 Å². The largest absolute Gasteiger partial charge is 0.492 e. The second kappa shape index (κ2) is 14.3. The molecular formula is C26H32N2O5S. The third kappa shape index (κ3) is 9.09. The van der Waals surface area contributed by atoms with Gasteiger partial charge in [0.2, 0.25) is 5.91 Å². The van der Waals surface area contributed by atoms with Gasteiger partial charge in [0.05, 0.1) is 17.9 Å². The molecule has 0 atom stereocenters. The Hall–Kier alpha value is -3.00. The van der Waals surface area contributed by atoms with Crippen molar-refractivity contribution in [1.29, 1.82) is 0 Å². The number of nitrogens with one attached hydrogen (secondary N) is 2. The predicted molar refractivity (Wildman–Crippen MR) is 132 cm³/mol. The molecule has 7 nitrogen and oxygen atoms in total. The zero-order chi connectivity index (χ0) is 24.0. The third-order valence-corrected chi connectivity index (χ3v) is 6.62. The van der Waals surface area contributed by atoms with Gasteiger partial charge >= 0.3 is 5.97 Å². The van der Waals surface area contributed by atoms with E-state index in [9.17, 15) is 14.4 Å². The number of amides is 2. The fourth-order valence-electron chi connectivity index (χ4n) is 3.74. The lowest BCUT2D eigenvalue weighted by Crippen LogP contribution is -2.32. The van der Waals surface area contributed by atoms with E-state index in [0.29, 0.717) is 36.1 Å². The van der Waals surface area contributed by atoms with E-state index in [-0.39, 0.29) is 18.3 Å². The van der Waals surface area contributed by atoms with Gasteiger partial charge in [0.25, 0.3) is 5.91 Å². The van der Waals surface area contributed by atoms with Crippen molar-refractivity contribution in [2.45, 2.75) is 37.0 Å². The molecule has 2 amide bonds. The van der Waals surface area contributed by atoms with Gasteiger partial charge < -0.3 is 20.1 Å². The molecule has 182 valence electrons. The maximum Gasteiger partial charge on any atom is 0.339 e. The number of hydrogen-bond acceptors (Lipinski definition) is 6. The van der Waals surface area contributed by atoms with Gasteiger partial charge in [0.15, 0.2) is 6.61 Å². The fourth-order valence-corrected chi connectivity index (χ4v) is 4.61. The summed E-state index contributed by atoms with van der Waals surface area (Å²) >= 11 is 1.29. The maximum absolute atomic E-state index is 12.5. The molecule has 2 N–H and O–H groups in total. The van der Waals surface area contributed by atoms with E-state index in [0.717, 1.165) is 5.75 Å². The number of carbonyl (C=O) groups excluding carboxylic acids is 3. The van der Waals surface area contributed by atoms with Gasteiger partial charge in [0.1, 0.15) is 12.4 Å². The van der Waals surface area contributed by atoms with Gasteiger partial charge in [-0.3, -0.25) is 9.59 Å². The summed E-state index contributed by atoms with van der Waals surface area (Å²) in [5.74, 6) is 0.467. The lowest BCUT2D eigenvalue weighted by atomic mass is 9.89. The predicted octanol–water partition coefficient (Wildman–Crippen LogP) is 3.83. The molecule has 1 fully saturated rings. The molecule has 3 rings (SSSR count). The van der Waals surface area contributed by atoms with Crippen LogP contribution >= 0.6 is 11.8 Å². The number of hydrogen-bond donors (Lipinski definition) is 2. The Morgan fingerprint density at radius 3 is 2.41 bits per heavy atom. The van der Waals surface area contributed by atoms with Crippen LogP contribution in [0.3, 0.4) is 0 Å². The zero-order valence-corrected chi connectivity index (χ0v) is 20.1. The molecule has 0 bridgehead atoms. The van der Waals surface area contributed by atoms with Crippen LogP contribution in [0.5, 0.6) is 5.75 Å². The highest BCUT2D eigenvalue weighted by atomic mass is 32.2. The Balaban J connectivity index is 1.36. The number of carbonyl (C=O) groups is 3. The third-order valence-electron chi connectivity index (χ3n) is 5.55. The SMILES string of the molecule is O=C(COC(=O)c1ccccc1SCC(=O)NCC1CCCCC1)NCCOc1ccccc1. The second-order valence-electron chi connectivity index (χ2n) is 8.18.